The molecule has 1 aromatic rings. The Labute approximate surface area is 139 Å². The van der Waals surface area contributed by atoms with Crippen LogP contribution in [0.5, 0.6) is 5.75 Å². The molecular weight excluding hydrogens is 292 g/mol. The second-order valence-electron chi connectivity index (χ2n) is 7.80. The zero-order valence-corrected chi connectivity index (χ0v) is 15.0. The van der Waals surface area contributed by atoms with Crippen molar-refractivity contribution in [3.05, 3.63) is 29.8 Å². The van der Waals surface area contributed by atoms with Crippen molar-refractivity contribution in [2.45, 2.75) is 46.8 Å². The fourth-order valence-corrected chi connectivity index (χ4v) is 2.91. The van der Waals surface area contributed by atoms with Gasteiger partial charge in [-0.05, 0) is 43.9 Å². The molecule has 1 aliphatic carbocycles. The second-order valence-corrected chi connectivity index (χ2v) is 7.80. The second kappa shape index (κ2) is 6.52. The minimum absolute atomic E-state index is 0.0533. The van der Waals surface area contributed by atoms with E-state index in [1.165, 1.54) is 0 Å². The van der Waals surface area contributed by atoms with Crippen molar-refractivity contribution in [2.24, 2.45) is 17.3 Å². The molecule has 1 saturated carbocycles. The van der Waals surface area contributed by atoms with Crippen LogP contribution in [0, 0.1) is 17.3 Å². The average Bonchev–Trinajstić information content (AvgIpc) is 2.99. The van der Waals surface area contributed by atoms with E-state index in [1.807, 2.05) is 45.0 Å². The van der Waals surface area contributed by atoms with E-state index >= 15 is 0 Å². The Bertz CT molecular complexity index is 539. The molecule has 0 heterocycles. The quantitative estimate of drug-likeness (QED) is 0.747. The molecule has 2 unspecified atom stereocenters. The van der Waals surface area contributed by atoms with Gasteiger partial charge in [-0.2, -0.15) is 0 Å². The first-order chi connectivity index (χ1) is 10.6. The maximum atomic E-state index is 12.3. The molecule has 4 heteroatoms. The van der Waals surface area contributed by atoms with Gasteiger partial charge in [-0.1, -0.05) is 26.0 Å². The van der Waals surface area contributed by atoms with E-state index in [2.05, 4.69) is 13.8 Å². The first-order valence-corrected chi connectivity index (χ1v) is 8.08. The lowest BCUT2D eigenvalue weighted by atomic mass is 10.1. The molecular formula is C19H28O4. The van der Waals surface area contributed by atoms with E-state index in [-0.39, 0.29) is 23.2 Å². The number of carbonyl (C=O) groups is 1. The molecule has 0 radical (unpaired) electrons. The van der Waals surface area contributed by atoms with Gasteiger partial charge in [0.2, 0.25) is 0 Å². The normalized spacial score (nSPS) is 22.5. The van der Waals surface area contributed by atoms with Gasteiger partial charge < -0.3 is 14.2 Å². The molecule has 23 heavy (non-hydrogen) atoms. The van der Waals surface area contributed by atoms with Crippen molar-refractivity contribution in [1.29, 1.82) is 0 Å². The van der Waals surface area contributed by atoms with Crippen LogP contribution >= 0.6 is 0 Å². The van der Waals surface area contributed by atoms with Crippen molar-refractivity contribution in [3.8, 4) is 5.75 Å². The highest BCUT2D eigenvalue weighted by atomic mass is 16.6. The predicted molar refractivity (Wildman–Crippen MR) is 89.3 cm³/mol. The molecule has 128 valence electrons. The van der Waals surface area contributed by atoms with Gasteiger partial charge in [0.15, 0.2) is 0 Å². The lowest BCUT2D eigenvalue weighted by molar-refractivity contribution is -0.157. The van der Waals surface area contributed by atoms with Crippen LogP contribution in [0.1, 0.15) is 40.2 Å². The minimum Gasteiger partial charge on any atom is -0.497 e. The molecule has 2 rings (SSSR count). The van der Waals surface area contributed by atoms with Gasteiger partial charge in [0.1, 0.15) is 11.4 Å². The number of carbonyl (C=O) groups excluding carboxylic acids is 1. The lowest BCUT2D eigenvalue weighted by Crippen LogP contribution is -2.26. The van der Waals surface area contributed by atoms with Gasteiger partial charge in [0.25, 0.3) is 0 Å². The Morgan fingerprint density at radius 1 is 1.17 bits per heavy atom. The Kier molecular flexibility index (Phi) is 5.04. The van der Waals surface area contributed by atoms with Crippen LogP contribution in [0.15, 0.2) is 24.3 Å². The highest BCUT2D eigenvalue weighted by Gasteiger charge is 2.62. The summed E-state index contributed by atoms with van der Waals surface area (Å²) >= 11 is 0. The van der Waals surface area contributed by atoms with E-state index in [9.17, 15) is 4.79 Å². The number of rotatable bonds is 6. The summed E-state index contributed by atoms with van der Waals surface area (Å²) in [5.41, 5.74) is 0.602. The fourth-order valence-electron chi connectivity index (χ4n) is 2.91. The summed E-state index contributed by atoms with van der Waals surface area (Å²) in [5.74, 6) is 0.871. The molecule has 0 amide bonds. The predicted octanol–water partition coefficient (Wildman–Crippen LogP) is 3.83. The molecule has 0 aromatic heterocycles. The van der Waals surface area contributed by atoms with E-state index in [1.54, 1.807) is 7.11 Å². The summed E-state index contributed by atoms with van der Waals surface area (Å²) in [6, 6.07) is 7.82. The standard InChI is InChI=1S/C19H28O4/c1-18(2,3)23-17(20)16-15(19(16,4)5)12-22-11-13-7-9-14(21-6)10-8-13/h7-10,15-16H,11-12H2,1-6H3. The van der Waals surface area contributed by atoms with Gasteiger partial charge >= 0.3 is 5.97 Å². The van der Waals surface area contributed by atoms with Gasteiger partial charge in [-0.25, -0.2) is 0 Å². The molecule has 1 aliphatic rings. The summed E-state index contributed by atoms with van der Waals surface area (Å²) in [7, 11) is 1.65. The van der Waals surface area contributed by atoms with Crippen molar-refractivity contribution in [1.82, 2.24) is 0 Å². The molecule has 0 spiro atoms. The van der Waals surface area contributed by atoms with Gasteiger partial charge in [0, 0.05) is 5.92 Å². The third kappa shape index (κ3) is 4.47. The van der Waals surface area contributed by atoms with Crippen LogP contribution in [-0.4, -0.2) is 25.3 Å². The SMILES string of the molecule is COc1ccc(COCC2C(C(=O)OC(C)(C)C)C2(C)C)cc1. The minimum atomic E-state index is -0.440. The van der Waals surface area contributed by atoms with Crippen LogP contribution < -0.4 is 4.74 Å². The summed E-state index contributed by atoms with van der Waals surface area (Å²) in [6.45, 7) is 11.0. The summed E-state index contributed by atoms with van der Waals surface area (Å²) in [6.07, 6.45) is 0. The zero-order valence-electron chi connectivity index (χ0n) is 15.0. The summed E-state index contributed by atoms with van der Waals surface area (Å²) in [4.78, 5) is 12.3. The molecule has 1 fully saturated rings. The average molecular weight is 320 g/mol. The largest absolute Gasteiger partial charge is 0.497 e. The Morgan fingerprint density at radius 3 is 2.30 bits per heavy atom. The lowest BCUT2D eigenvalue weighted by Gasteiger charge is -2.20. The van der Waals surface area contributed by atoms with Gasteiger partial charge in [-0.3, -0.25) is 4.79 Å². The van der Waals surface area contributed by atoms with E-state index in [4.69, 9.17) is 14.2 Å². The number of hydrogen-bond acceptors (Lipinski definition) is 4. The van der Waals surface area contributed by atoms with Crippen LogP contribution in [0.4, 0.5) is 0 Å². The Balaban J connectivity index is 1.82. The maximum absolute atomic E-state index is 12.3. The van der Waals surface area contributed by atoms with Gasteiger partial charge in [0.05, 0.1) is 26.2 Å². The van der Waals surface area contributed by atoms with Crippen molar-refractivity contribution in [2.75, 3.05) is 13.7 Å². The molecule has 2 atom stereocenters. The highest BCUT2D eigenvalue weighted by Crippen LogP contribution is 2.59. The van der Waals surface area contributed by atoms with E-state index < -0.39 is 5.60 Å². The number of methoxy groups -OCH3 is 1. The molecule has 4 nitrogen and oxygen atoms in total. The molecule has 1 aromatic carbocycles. The first kappa shape index (κ1) is 17.8. The van der Waals surface area contributed by atoms with Gasteiger partial charge in [-0.15, -0.1) is 0 Å². The van der Waals surface area contributed by atoms with Crippen LogP contribution in [0.25, 0.3) is 0 Å². The number of ether oxygens (including phenoxy) is 3. The molecule has 0 aliphatic heterocycles. The Morgan fingerprint density at radius 2 is 1.78 bits per heavy atom. The first-order valence-electron chi connectivity index (χ1n) is 8.08. The zero-order chi connectivity index (χ0) is 17.3. The van der Waals surface area contributed by atoms with Crippen molar-refractivity contribution >= 4 is 5.97 Å². The van der Waals surface area contributed by atoms with Crippen molar-refractivity contribution in [3.63, 3.8) is 0 Å². The van der Waals surface area contributed by atoms with E-state index in [0.717, 1.165) is 11.3 Å². The fraction of sp³-hybridized carbons (Fsp3) is 0.632. The highest BCUT2D eigenvalue weighted by molar-refractivity contribution is 5.78. The third-order valence-electron chi connectivity index (χ3n) is 4.44. The molecule has 0 N–H and O–H groups in total. The maximum Gasteiger partial charge on any atom is 0.310 e. The molecule has 0 bridgehead atoms. The number of benzene rings is 1. The Hall–Kier alpha value is -1.55. The molecule has 0 saturated heterocycles. The van der Waals surface area contributed by atoms with Crippen LogP contribution in [-0.2, 0) is 20.9 Å². The van der Waals surface area contributed by atoms with Crippen LogP contribution in [0.3, 0.4) is 0 Å². The monoisotopic (exact) mass is 320 g/mol. The smallest absolute Gasteiger partial charge is 0.310 e. The number of esters is 1. The number of hydrogen-bond donors (Lipinski definition) is 0. The van der Waals surface area contributed by atoms with Crippen LogP contribution in [0.2, 0.25) is 0 Å². The van der Waals surface area contributed by atoms with Crippen molar-refractivity contribution < 1.29 is 19.0 Å². The summed E-state index contributed by atoms with van der Waals surface area (Å²) < 4.78 is 16.5. The van der Waals surface area contributed by atoms with E-state index in [0.29, 0.717) is 13.2 Å². The topological polar surface area (TPSA) is 44.8 Å². The third-order valence-corrected chi connectivity index (χ3v) is 4.44. The summed E-state index contributed by atoms with van der Waals surface area (Å²) in [5, 5.41) is 0.